The zero-order chi connectivity index (χ0) is 13.0. The van der Waals surface area contributed by atoms with Gasteiger partial charge in [0.1, 0.15) is 0 Å². The van der Waals surface area contributed by atoms with Crippen LogP contribution in [0.1, 0.15) is 48.5 Å². The Kier molecular flexibility index (Phi) is 4.81. The van der Waals surface area contributed by atoms with E-state index in [-0.39, 0.29) is 5.91 Å². The van der Waals surface area contributed by atoms with E-state index in [0.29, 0.717) is 6.04 Å². The van der Waals surface area contributed by atoms with Crippen molar-refractivity contribution in [2.45, 2.75) is 44.0 Å². The van der Waals surface area contributed by atoms with Crippen molar-refractivity contribution in [3.05, 3.63) is 35.4 Å². The molecule has 2 nitrogen and oxygen atoms in total. The Morgan fingerprint density at radius 2 is 2.06 bits per heavy atom. The van der Waals surface area contributed by atoms with Gasteiger partial charge in [-0.25, -0.2) is 0 Å². The Morgan fingerprint density at radius 3 is 2.67 bits per heavy atom. The molecule has 1 heterocycles. The summed E-state index contributed by atoms with van der Waals surface area (Å²) in [5, 5.41) is 0.836. The van der Waals surface area contributed by atoms with E-state index in [2.05, 4.69) is 27.8 Å². The van der Waals surface area contributed by atoms with Gasteiger partial charge in [0.2, 0.25) is 0 Å². The smallest absolute Gasteiger partial charge is 0.254 e. The number of amides is 1. The second kappa shape index (κ2) is 6.37. The molecule has 0 aliphatic carbocycles. The Balaban J connectivity index is 2.13. The van der Waals surface area contributed by atoms with Gasteiger partial charge in [-0.1, -0.05) is 35.0 Å². The number of carbonyl (C=O) groups is 1. The molecule has 0 spiro atoms. The lowest BCUT2D eigenvalue weighted by Gasteiger charge is -2.35. The summed E-state index contributed by atoms with van der Waals surface area (Å²) in [6.07, 6.45) is 4.61. The van der Waals surface area contributed by atoms with Crippen LogP contribution in [0.25, 0.3) is 0 Å². The van der Waals surface area contributed by atoms with Crippen LogP contribution in [0, 0.1) is 0 Å². The number of hydrogen-bond acceptors (Lipinski definition) is 1. The van der Waals surface area contributed by atoms with Crippen molar-refractivity contribution in [3.63, 3.8) is 0 Å². The maximum atomic E-state index is 12.5. The average molecular weight is 310 g/mol. The molecular weight excluding hydrogens is 290 g/mol. The van der Waals surface area contributed by atoms with E-state index in [1.807, 2.05) is 24.3 Å². The maximum absolute atomic E-state index is 12.5. The maximum Gasteiger partial charge on any atom is 0.254 e. The van der Waals surface area contributed by atoms with E-state index in [1.54, 1.807) is 0 Å². The van der Waals surface area contributed by atoms with E-state index in [1.165, 1.54) is 12.0 Å². The summed E-state index contributed by atoms with van der Waals surface area (Å²) in [5.74, 6) is 0.197. The Hall–Kier alpha value is -0.830. The SMILES string of the molecule is CCC1CCCCN1C(=O)c1ccc(CBr)cc1. The molecule has 1 fully saturated rings. The van der Waals surface area contributed by atoms with E-state index >= 15 is 0 Å². The van der Waals surface area contributed by atoms with Crippen molar-refractivity contribution < 1.29 is 4.79 Å². The fourth-order valence-corrected chi connectivity index (χ4v) is 2.97. The normalized spacial score (nSPS) is 19.9. The fourth-order valence-electron chi connectivity index (χ4n) is 2.59. The molecule has 1 aliphatic rings. The quantitative estimate of drug-likeness (QED) is 0.773. The lowest BCUT2D eigenvalue weighted by Crippen LogP contribution is -2.43. The lowest BCUT2D eigenvalue weighted by atomic mass is 9.98. The van der Waals surface area contributed by atoms with E-state index in [4.69, 9.17) is 0 Å². The minimum Gasteiger partial charge on any atom is -0.336 e. The zero-order valence-corrected chi connectivity index (χ0v) is 12.4. The van der Waals surface area contributed by atoms with Gasteiger partial charge < -0.3 is 4.90 Å². The number of piperidine rings is 1. The summed E-state index contributed by atoms with van der Waals surface area (Å²) in [4.78, 5) is 14.5. The van der Waals surface area contributed by atoms with Crippen LogP contribution < -0.4 is 0 Å². The summed E-state index contributed by atoms with van der Waals surface area (Å²) in [7, 11) is 0. The van der Waals surface area contributed by atoms with E-state index in [9.17, 15) is 4.79 Å². The van der Waals surface area contributed by atoms with Crippen LogP contribution in [-0.4, -0.2) is 23.4 Å². The number of nitrogens with zero attached hydrogens (tertiary/aromatic N) is 1. The largest absolute Gasteiger partial charge is 0.336 e. The highest BCUT2D eigenvalue weighted by atomic mass is 79.9. The monoisotopic (exact) mass is 309 g/mol. The predicted molar refractivity (Wildman–Crippen MR) is 78.0 cm³/mol. The summed E-state index contributed by atoms with van der Waals surface area (Å²) in [6.45, 7) is 3.09. The van der Waals surface area contributed by atoms with Crippen LogP contribution >= 0.6 is 15.9 Å². The molecule has 1 saturated heterocycles. The molecule has 2 rings (SSSR count). The molecule has 98 valence electrons. The van der Waals surface area contributed by atoms with Crippen molar-refractivity contribution in [3.8, 4) is 0 Å². The molecule has 1 atom stereocenters. The summed E-state index contributed by atoms with van der Waals surface area (Å²) in [5.41, 5.74) is 2.03. The van der Waals surface area contributed by atoms with Gasteiger partial charge in [0.25, 0.3) is 5.91 Å². The zero-order valence-electron chi connectivity index (χ0n) is 10.9. The first kappa shape index (κ1) is 13.6. The second-order valence-electron chi connectivity index (χ2n) is 4.89. The molecule has 0 radical (unpaired) electrons. The molecule has 1 amide bonds. The van der Waals surface area contributed by atoms with Gasteiger partial charge in [-0.15, -0.1) is 0 Å². The first-order valence-corrected chi connectivity index (χ1v) is 7.84. The number of rotatable bonds is 3. The molecule has 0 saturated carbocycles. The molecule has 1 aromatic carbocycles. The number of hydrogen-bond donors (Lipinski definition) is 0. The molecule has 3 heteroatoms. The number of carbonyl (C=O) groups excluding carboxylic acids is 1. The number of benzene rings is 1. The average Bonchev–Trinajstić information content (AvgIpc) is 2.46. The number of alkyl halides is 1. The van der Waals surface area contributed by atoms with Gasteiger partial charge in [0.05, 0.1) is 0 Å². The summed E-state index contributed by atoms with van der Waals surface area (Å²) < 4.78 is 0. The fraction of sp³-hybridized carbons (Fsp3) is 0.533. The van der Waals surface area contributed by atoms with Crippen molar-refractivity contribution >= 4 is 21.8 Å². The van der Waals surface area contributed by atoms with Crippen molar-refractivity contribution in [2.24, 2.45) is 0 Å². The third kappa shape index (κ3) is 2.94. The van der Waals surface area contributed by atoms with Crippen LogP contribution in [0.5, 0.6) is 0 Å². The number of likely N-dealkylation sites (tertiary alicyclic amines) is 1. The molecule has 1 unspecified atom stereocenters. The minimum absolute atomic E-state index is 0.197. The molecule has 18 heavy (non-hydrogen) atoms. The molecule has 1 aliphatic heterocycles. The minimum atomic E-state index is 0.197. The highest BCUT2D eigenvalue weighted by molar-refractivity contribution is 9.08. The molecule has 0 aromatic heterocycles. The topological polar surface area (TPSA) is 20.3 Å². The lowest BCUT2D eigenvalue weighted by molar-refractivity contribution is 0.0608. The standard InChI is InChI=1S/C15H20BrNO/c1-2-14-5-3-4-10-17(14)15(18)13-8-6-12(11-16)7-9-13/h6-9,14H,2-5,10-11H2,1H3. The highest BCUT2D eigenvalue weighted by Crippen LogP contribution is 2.22. The predicted octanol–water partition coefficient (Wildman–Crippen LogP) is 3.99. The highest BCUT2D eigenvalue weighted by Gasteiger charge is 2.25. The van der Waals surface area contributed by atoms with Gasteiger partial charge in [-0.05, 0) is 43.4 Å². The van der Waals surface area contributed by atoms with E-state index < -0.39 is 0 Å². The summed E-state index contributed by atoms with van der Waals surface area (Å²) in [6, 6.07) is 8.36. The third-order valence-corrected chi connectivity index (χ3v) is 4.36. The Labute approximate surface area is 117 Å². The van der Waals surface area contributed by atoms with Crippen LogP contribution in [-0.2, 0) is 5.33 Å². The van der Waals surface area contributed by atoms with Crippen LogP contribution in [0.3, 0.4) is 0 Å². The van der Waals surface area contributed by atoms with Crippen molar-refractivity contribution in [1.82, 2.24) is 4.90 Å². The van der Waals surface area contributed by atoms with Crippen LogP contribution in [0.2, 0.25) is 0 Å². The Bertz CT molecular complexity index is 401. The van der Waals surface area contributed by atoms with Crippen LogP contribution in [0.4, 0.5) is 0 Å². The van der Waals surface area contributed by atoms with Gasteiger partial charge in [-0.3, -0.25) is 4.79 Å². The van der Waals surface area contributed by atoms with Gasteiger partial charge in [0.15, 0.2) is 0 Å². The Morgan fingerprint density at radius 1 is 1.33 bits per heavy atom. The van der Waals surface area contributed by atoms with Crippen LogP contribution in [0.15, 0.2) is 24.3 Å². The van der Waals surface area contributed by atoms with E-state index in [0.717, 1.165) is 36.7 Å². The number of halogens is 1. The van der Waals surface area contributed by atoms with Gasteiger partial charge in [0, 0.05) is 23.5 Å². The molecular formula is C15H20BrNO. The third-order valence-electron chi connectivity index (χ3n) is 3.71. The molecule has 0 bridgehead atoms. The van der Waals surface area contributed by atoms with Crippen molar-refractivity contribution in [1.29, 1.82) is 0 Å². The second-order valence-corrected chi connectivity index (χ2v) is 5.45. The van der Waals surface area contributed by atoms with Crippen molar-refractivity contribution in [2.75, 3.05) is 6.54 Å². The van der Waals surface area contributed by atoms with Gasteiger partial charge in [-0.2, -0.15) is 0 Å². The first-order valence-electron chi connectivity index (χ1n) is 6.72. The molecule has 1 aromatic rings. The molecule has 0 N–H and O–H groups in total. The van der Waals surface area contributed by atoms with Gasteiger partial charge >= 0.3 is 0 Å². The summed E-state index contributed by atoms with van der Waals surface area (Å²) >= 11 is 3.42. The first-order chi connectivity index (χ1) is 8.76.